The molecule has 158 valence electrons. The fourth-order valence-electron chi connectivity index (χ4n) is 2.34. The van der Waals surface area contributed by atoms with Crippen molar-refractivity contribution in [2.45, 2.75) is 12.1 Å². The summed E-state index contributed by atoms with van der Waals surface area (Å²) >= 11 is 3.66. The minimum Gasteiger partial charge on any atom is -0.490 e. The summed E-state index contributed by atoms with van der Waals surface area (Å²) in [5, 5.41) is 14.6. The lowest BCUT2D eigenvalue weighted by Gasteiger charge is -2.11. The van der Waals surface area contributed by atoms with Crippen LogP contribution in [0.15, 0.2) is 46.4 Å². The van der Waals surface area contributed by atoms with Crippen LogP contribution >= 0.6 is 34.6 Å². The molecular formula is C20H16N4O4S3. The van der Waals surface area contributed by atoms with E-state index in [-0.39, 0.29) is 11.3 Å². The number of nitriles is 1. The first-order chi connectivity index (χ1) is 15.0. The van der Waals surface area contributed by atoms with E-state index in [1.165, 1.54) is 29.2 Å². The number of thiophene rings is 1. The van der Waals surface area contributed by atoms with Gasteiger partial charge in [0.05, 0.1) is 6.61 Å². The normalized spacial score (nSPS) is 10.9. The predicted molar refractivity (Wildman–Crippen MR) is 121 cm³/mol. The number of anilines is 1. The Labute approximate surface area is 190 Å². The largest absolute Gasteiger partial charge is 0.490 e. The molecule has 1 N–H and O–H groups in total. The van der Waals surface area contributed by atoms with E-state index in [9.17, 15) is 14.9 Å². The first-order valence-corrected chi connectivity index (χ1v) is 11.7. The monoisotopic (exact) mass is 472 g/mol. The molecule has 0 radical (unpaired) electrons. The van der Waals surface area contributed by atoms with Crippen LogP contribution in [0.5, 0.6) is 11.5 Å². The molecule has 11 heteroatoms. The maximum atomic E-state index is 12.4. The molecule has 31 heavy (non-hydrogen) atoms. The third kappa shape index (κ3) is 5.91. The Kier molecular flexibility index (Phi) is 7.77. The lowest BCUT2D eigenvalue weighted by atomic mass is 10.1. The number of rotatable bonds is 8. The van der Waals surface area contributed by atoms with Gasteiger partial charge < -0.3 is 9.47 Å². The van der Waals surface area contributed by atoms with Crippen LogP contribution in [0.25, 0.3) is 6.08 Å². The molecule has 0 aliphatic carbocycles. The number of carbonyl (C=O) groups excluding carboxylic acids is 2. The van der Waals surface area contributed by atoms with Crippen LogP contribution in [0.4, 0.5) is 5.13 Å². The van der Waals surface area contributed by atoms with Crippen LogP contribution in [0.2, 0.25) is 0 Å². The maximum Gasteiger partial charge on any atom is 0.353 e. The number of esters is 1. The summed E-state index contributed by atoms with van der Waals surface area (Å²) in [6, 6.07) is 10.1. The number of aromatic nitrogens is 2. The molecule has 0 spiro atoms. The second kappa shape index (κ2) is 10.7. The lowest BCUT2D eigenvalue weighted by molar-refractivity contribution is -0.112. The van der Waals surface area contributed by atoms with Crippen molar-refractivity contribution in [2.24, 2.45) is 0 Å². The molecular weight excluding hydrogens is 456 g/mol. The van der Waals surface area contributed by atoms with Crippen molar-refractivity contribution >= 4 is 57.7 Å². The van der Waals surface area contributed by atoms with Crippen LogP contribution in [-0.2, 0) is 4.79 Å². The Bertz CT molecular complexity index is 1150. The standard InChI is InChI=1S/C20H16N4O4S3/c1-3-27-15-10-12(6-7-14(15)28-18(26)16-5-4-8-30-16)9-13(11-21)17(25)22-19-23-20(29-2)24-31-19/h4-10H,3H2,1-2H3,(H,22,23,24,25)/b13-9-. The van der Waals surface area contributed by atoms with E-state index >= 15 is 0 Å². The van der Waals surface area contributed by atoms with Crippen molar-refractivity contribution in [2.75, 3.05) is 18.2 Å². The van der Waals surface area contributed by atoms with Gasteiger partial charge in [-0.05, 0) is 48.4 Å². The Morgan fingerprint density at radius 3 is 2.81 bits per heavy atom. The smallest absolute Gasteiger partial charge is 0.353 e. The molecule has 1 amide bonds. The van der Waals surface area contributed by atoms with E-state index in [0.29, 0.717) is 33.1 Å². The lowest BCUT2D eigenvalue weighted by Crippen LogP contribution is -2.13. The highest BCUT2D eigenvalue weighted by molar-refractivity contribution is 7.98. The molecule has 0 aliphatic heterocycles. The van der Waals surface area contributed by atoms with Gasteiger partial charge in [0.15, 0.2) is 11.5 Å². The van der Waals surface area contributed by atoms with Gasteiger partial charge in [-0.3, -0.25) is 10.1 Å². The van der Waals surface area contributed by atoms with Crippen molar-refractivity contribution in [1.29, 1.82) is 5.26 Å². The molecule has 3 aromatic rings. The Hall–Kier alpha value is -3.20. The van der Waals surface area contributed by atoms with Crippen molar-refractivity contribution in [1.82, 2.24) is 9.36 Å². The van der Waals surface area contributed by atoms with Crippen LogP contribution in [0, 0.1) is 11.3 Å². The maximum absolute atomic E-state index is 12.4. The first kappa shape index (κ1) is 22.5. The highest BCUT2D eigenvalue weighted by Crippen LogP contribution is 2.30. The van der Waals surface area contributed by atoms with E-state index < -0.39 is 11.9 Å². The number of benzene rings is 1. The number of ether oxygens (including phenoxy) is 2. The molecule has 0 fully saturated rings. The summed E-state index contributed by atoms with van der Waals surface area (Å²) in [5.74, 6) is -0.512. The minimum absolute atomic E-state index is 0.119. The number of nitrogens with one attached hydrogen (secondary N) is 1. The van der Waals surface area contributed by atoms with Gasteiger partial charge in [-0.2, -0.15) is 14.6 Å². The molecule has 0 saturated carbocycles. The number of amides is 1. The van der Waals surface area contributed by atoms with Gasteiger partial charge >= 0.3 is 5.97 Å². The molecule has 8 nitrogen and oxygen atoms in total. The SMILES string of the molecule is CCOc1cc(/C=C(/C#N)C(=O)Nc2nc(SC)ns2)ccc1OC(=O)c1cccs1. The number of nitrogens with zero attached hydrogens (tertiary/aromatic N) is 3. The second-order valence-corrected chi connectivity index (χ2v) is 8.19. The van der Waals surface area contributed by atoms with Gasteiger partial charge in [0.2, 0.25) is 10.3 Å². The highest BCUT2D eigenvalue weighted by atomic mass is 32.2. The molecule has 2 heterocycles. The quantitative estimate of drug-likeness (QED) is 0.168. The van der Waals surface area contributed by atoms with Crippen molar-refractivity contribution < 1.29 is 19.1 Å². The third-order valence-corrected chi connectivity index (χ3v) is 5.82. The molecule has 1 aromatic carbocycles. The van der Waals surface area contributed by atoms with Crippen LogP contribution in [0.1, 0.15) is 22.2 Å². The van der Waals surface area contributed by atoms with Crippen molar-refractivity contribution in [3.05, 3.63) is 51.7 Å². The average Bonchev–Trinajstić information content (AvgIpc) is 3.46. The van der Waals surface area contributed by atoms with Gasteiger partial charge in [-0.1, -0.05) is 23.9 Å². The summed E-state index contributed by atoms with van der Waals surface area (Å²) in [4.78, 5) is 29.3. The molecule has 0 unspecified atom stereocenters. The van der Waals surface area contributed by atoms with Crippen molar-refractivity contribution in [3.63, 3.8) is 0 Å². The summed E-state index contributed by atoms with van der Waals surface area (Å²) in [6.45, 7) is 2.14. The number of hydrogen-bond acceptors (Lipinski definition) is 10. The van der Waals surface area contributed by atoms with Gasteiger partial charge in [-0.15, -0.1) is 11.3 Å². The molecule has 2 aromatic heterocycles. The van der Waals surface area contributed by atoms with Gasteiger partial charge in [0, 0.05) is 11.5 Å². The van der Waals surface area contributed by atoms with Crippen LogP contribution < -0.4 is 14.8 Å². The molecule has 3 rings (SSSR count). The molecule has 0 aliphatic rings. The van der Waals surface area contributed by atoms with Gasteiger partial charge in [0.25, 0.3) is 5.91 Å². The summed E-state index contributed by atoms with van der Waals surface area (Å²) in [6.07, 6.45) is 3.24. The van der Waals surface area contributed by atoms with E-state index in [4.69, 9.17) is 9.47 Å². The number of carbonyl (C=O) groups is 2. The Balaban J connectivity index is 1.80. The fourth-order valence-corrected chi connectivity index (χ4v) is 4.06. The average molecular weight is 473 g/mol. The van der Waals surface area contributed by atoms with Crippen molar-refractivity contribution in [3.8, 4) is 17.6 Å². The highest BCUT2D eigenvalue weighted by Gasteiger charge is 2.16. The summed E-state index contributed by atoms with van der Waals surface area (Å²) in [7, 11) is 0. The number of thioether (sulfide) groups is 1. The van der Waals surface area contributed by atoms with E-state index in [2.05, 4.69) is 14.7 Å². The molecule has 0 saturated heterocycles. The van der Waals surface area contributed by atoms with E-state index in [0.717, 1.165) is 11.5 Å². The second-order valence-electron chi connectivity index (χ2n) is 5.72. The zero-order valence-corrected chi connectivity index (χ0v) is 18.9. The zero-order chi connectivity index (χ0) is 22.2. The topological polar surface area (TPSA) is 114 Å². The first-order valence-electron chi connectivity index (χ1n) is 8.87. The predicted octanol–water partition coefficient (Wildman–Crippen LogP) is 4.49. The zero-order valence-electron chi connectivity index (χ0n) is 16.4. The third-order valence-electron chi connectivity index (χ3n) is 3.68. The molecule has 0 atom stereocenters. The molecule has 0 bridgehead atoms. The van der Waals surface area contributed by atoms with E-state index in [1.54, 1.807) is 42.6 Å². The number of hydrogen-bond donors (Lipinski definition) is 1. The Morgan fingerprint density at radius 2 is 2.16 bits per heavy atom. The van der Waals surface area contributed by atoms with Crippen LogP contribution in [-0.4, -0.2) is 34.1 Å². The van der Waals surface area contributed by atoms with Crippen LogP contribution in [0.3, 0.4) is 0 Å². The van der Waals surface area contributed by atoms with E-state index in [1.807, 2.05) is 12.3 Å². The van der Waals surface area contributed by atoms with Gasteiger partial charge in [-0.25, -0.2) is 4.79 Å². The minimum atomic E-state index is -0.600. The summed E-state index contributed by atoms with van der Waals surface area (Å²) in [5.41, 5.74) is 0.416. The summed E-state index contributed by atoms with van der Waals surface area (Å²) < 4.78 is 15.1. The van der Waals surface area contributed by atoms with Gasteiger partial charge in [0.1, 0.15) is 16.5 Å². The fraction of sp³-hybridized carbons (Fsp3) is 0.150. The Morgan fingerprint density at radius 1 is 1.32 bits per heavy atom.